The van der Waals surface area contributed by atoms with Crippen LogP contribution in [0.3, 0.4) is 0 Å². The van der Waals surface area contributed by atoms with Gasteiger partial charge in [-0.25, -0.2) is 0 Å². The first-order valence-corrected chi connectivity index (χ1v) is 10.6. The van der Waals surface area contributed by atoms with Crippen LogP contribution in [0.2, 0.25) is 0 Å². The zero-order valence-corrected chi connectivity index (χ0v) is 16.6. The van der Waals surface area contributed by atoms with E-state index in [1.165, 1.54) is 70.6 Å². The van der Waals surface area contributed by atoms with Crippen molar-refractivity contribution in [2.75, 3.05) is 5.32 Å². The van der Waals surface area contributed by atoms with Crippen molar-refractivity contribution in [2.45, 2.75) is 96.8 Å². The second-order valence-corrected chi connectivity index (χ2v) is 7.28. The number of anilines is 1. The Kier molecular flexibility index (Phi) is 13.4. The first-order chi connectivity index (χ1) is 12.8. The number of unbranched alkanes of at least 4 members (excludes halogenated alkanes) is 12. The molecular formula is C23H37NO2. The number of hydrogen-bond donors (Lipinski definition) is 1. The SMILES string of the molecule is CCCCCCCCCCCCCCCC(=O)Nc1ccc(C=O)cc1. The minimum absolute atomic E-state index is 0.0620. The average Bonchev–Trinajstić information content (AvgIpc) is 2.66. The molecule has 3 nitrogen and oxygen atoms in total. The molecule has 1 rings (SSSR count). The molecule has 0 aliphatic heterocycles. The van der Waals surface area contributed by atoms with Gasteiger partial charge in [0, 0.05) is 17.7 Å². The Balaban J connectivity index is 1.89. The Morgan fingerprint density at radius 1 is 0.769 bits per heavy atom. The molecule has 0 spiro atoms. The highest BCUT2D eigenvalue weighted by Gasteiger charge is 2.02. The maximum atomic E-state index is 11.9. The first kappa shape index (κ1) is 22.4. The summed E-state index contributed by atoms with van der Waals surface area (Å²) >= 11 is 0. The number of benzene rings is 1. The number of amides is 1. The van der Waals surface area contributed by atoms with Crippen molar-refractivity contribution in [2.24, 2.45) is 0 Å². The Bertz CT molecular complexity index is 481. The summed E-state index contributed by atoms with van der Waals surface area (Å²) in [5.41, 5.74) is 1.38. The Morgan fingerprint density at radius 3 is 1.69 bits per heavy atom. The molecule has 1 N–H and O–H groups in total. The van der Waals surface area contributed by atoms with Gasteiger partial charge in [0.25, 0.3) is 0 Å². The Hall–Kier alpha value is -1.64. The average molecular weight is 360 g/mol. The van der Waals surface area contributed by atoms with Crippen molar-refractivity contribution in [1.82, 2.24) is 0 Å². The van der Waals surface area contributed by atoms with Crippen LogP contribution in [0, 0.1) is 0 Å². The normalized spacial score (nSPS) is 10.7. The van der Waals surface area contributed by atoms with E-state index < -0.39 is 0 Å². The fraction of sp³-hybridized carbons (Fsp3) is 0.652. The highest BCUT2D eigenvalue weighted by atomic mass is 16.1. The van der Waals surface area contributed by atoms with E-state index in [0.717, 1.165) is 24.8 Å². The van der Waals surface area contributed by atoms with E-state index in [2.05, 4.69) is 12.2 Å². The maximum Gasteiger partial charge on any atom is 0.224 e. The summed E-state index contributed by atoms with van der Waals surface area (Å²) in [6.45, 7) is 2.26. The topological polar surface area (TPSA) is 46.2 Å². The lowest BCUT2D eigenvalue weighted by molar-refractivity contribution is -0.116. The summed E-state index contributed by atoms with van der Waals surface area (Å²) in [4.78, 5) is 22.5. The van der Waals surface area contributed by atoms with Crippen LogP contribution in [-0.4, -0.2) is 12.2 Å². The largest absolute Gasteiger partial charge is 0.326 e. The van der Waals surface area contributed by atoms with E-state index in [9.17, 15) is 9.59 Å². The van der Waals surface area contributed by atoms with Crippen LogP contribution in [-0.2, 0) is 4.79 Å². The van der Waals surface area contributed by atoms with Crippen LogP contribution >= 0.6 is 0 Å². The Morgan fingerprint density at radius 2 is 1.23 bits per heavy atom. The molecule has 1 aromatic carbocycles. The molecule has 0 saturated carbocycles. The highest BCUT2D eigenvalue weighted by molar-refractivity contribution is 5.91. The lowest BCUT2D eigenvalue weighted by Crippen LogP contribution is -2.10. The summed E-state index contributed by atoms with van der Waals surface area (Å²) < 4.78 is 0. The van der Waals surface area contributed by atoms with Crippen LogP contribution in [0.5, 0.6) is 0 Å². The van der Waals surface area contributed by atoms with Gasteiger partial charge in [-0.1, -0.05) is 84.0 Å². The maximum absolute atomic E-state index is 11.9. The van der Waals surface area contributed by atoms with E-state index in [-0.39, 0.29) is 5.91 Å². The fourth-order valence-electron chi connectivity index (χ4n) is 3.17. The lowest BCUT2D eigenvalue weighted by Gasteiger charge is -2.05. The van der Waals surface area contributed by atoms with E-state index >= 15 is 0 Å². The molecule has 3 heteroatoms. The highest BCUT2D eigenvalue weighted by Crippen LogP contribution is 2.14. The molecular weight excluding hydrogens is 322 g/mol. The number of hydrogen-bond acceptors (Lipinski definition) is 2. The minimum Gasteiger partial charge on any atom is -0.326 e. The predicted octanol–water partition coefficient (Wildman–Crippen LogP) is 6.92. The minimum atomic E-state index is 0.0620. The van der Waals surface area contributed by atoms with Crippen molar-refractivity contribution >= 4 is 17.9 Å². The monoisotopic (exact) mass is 359 g/mol. The van der Waals surface area contributed by atoms with Crippen LogP contribution < -0.4 is 5.32 Å². The summed E-state index contributed by atoms with van der Waals surface area (Å²) in [6.07, 6.45) is 18.4. The molecule has 0 fully saturated rings. The summed E-state index contributed by atoms with van der Waals surface area (Å²) in [5.74, 6) is 0.0620. The standard InChI is InChI=1S/C23H37NO2/c1-2-3-4-5-6-7-8-9-10-11-12-13-14-15-23(26)24-22-18-16-21(20-25)17-19-22/h16-20H,2-15H2,1H3,(H,24,26). The summed E-state index contributed by atoms with van der Waals surface area (Å²) in [6, 6.07) is 6.97. The van der Waals surface area contributed by atoms with Crippen LogP contribution in [0.1, 0.15) is 107 Å². The third-order valence-electron chi connectivity index (χ3n) is 4.84. The van der Waals surface area contributed by atoms with Crippen molar-refractivity contribution in [3.05, 3.63) is 29.8 Å². The lowest BCUT2D eigenvalue weighted by atomic mass is 10.0. The van der Waals surface area contributed by atoms with Gasteiger partial charge < -0.3 is 5.32 Å². The van der Waals surface area contributed by atoms with Crippen molar-refractivity contribution in [3.63, 3.8) is 0 Å². The summed E-state index contributed by atoms with van der Waals surface area (Å²) in [7, 11) is 0. The van der Waals surface area contributed by atoms with E-state index in [4.69, 9.17) is 0 Å². The molecule has 0 atom stereocenters. The van der Waals surface area contributed by atoms with E-state index in [0.29, 0.717) is 12.0 Å². The van der Waals surface area contributed by atoms with Gasteiger partial charge in [0.15, 0.2) is 0 Å². The van der Waals surface area contributed by atoms with Gasteiger partial charge in [-0.05, 0) is 30.7 Å². The van der Waals surface area contributed by atoms with Gasteiger partial charge in [0.2, 0.25) is 5.91 Å². The van der Waals surface area contributed by atoms with Crippen molar-refractivity contribution in [1.29, 1.82) is 0 Å². The van der Waals surface area contributed by atoms with Gasteiger partial charge >= 0.3 is 0 Å². The molecule has 0 unspecified atom stereocenters. The number of aldehydes is 1. The molecule has 1 aromatic rings. The van der Waals surface area contributed by atoms with Gasteiger partial charge in [-0.15, -0.1) is 0 Å². The summed E-state index contributed by atoms with van der Waals surface area (Å²) in [5, 5.41) is 2.88. The molecule has 1 amide bonds. The smallest absolute Gasteiger partial charge is 0.224 e. The number of carbonyl (C=O) groups excluding carboxylic acids is 2. The van der Waals surface area contributed by atoms with Crippen molar-refractivity contribution < 1.29 is 9.59 Å². The zero-order valence-electron chi connectivity index (χ0n) is 16.6. The Labute approximate surface area is 160 Å². The third kappa shape index (κ3) is 11.8. The molecule has 0 aliphatic carbocycles. The molecule has 146 valence electrons. The van der Waals surface area contributed by atoms with Crippen LogP contribution in [0.4, 0.5) is 5.69 Å². The first-order valence-electron chi connectivity index (χ1n) is 10.6. The number of nitrogens with one attached hydrogen (secondary N) is 1. The quantitative estimate of drug-likeness (QED) is 0.257. The van der Waals surface area contributed by atoms with Gasteiger partial charge in [0.05, 0.1) is 0 Å². The molecule has 0 saturated heterocycles. The molecule has 0 aliphatic rings. The van der Waals surface area contributed by atoms with Gasteiger partial charge in [-0.2, -0.15) is 0 Å². The predicted molar refractivity (Wildman–Crippen MR) is 111 cm³/mol. The van der Waals surface area contributed by atoms with Crippen LogP contribution in [0.15, 0.2) is 24.3 Å². The number of rotatable bonds is 16. The molecule has 0 radical (unpaired) electrons. The molecule has 0 bridgehead atoms. The van der Waals surface area contributed by atoms with Crippen molar-refractivity contribution in [3.8, 4) is 0 Å². The van der Waals surface area contributed by atoms with Crippen LogP contribution in [0.25, 0.3) is 0 Å². The second kappa shape index (κ2) is 15.6. The van der Waals surface area contributed by atoms with Gasteiger partial charge in [0.1, 0.15) is 6.29 Å². The third-order valence-corrected chi connectivity index (χ3v) is 4.84. The molecule has 0 aromatic heterocycles. The van der Waals surface area contributed by atoms with E-state index in [1.807, 2.05) is 0 Å². The van der Waals surface area contributed by atoms with E-state index in [1.54, 1.807) is 24.3 Å². The zero-order chi connectivity index (χ0) is 18.9. The molecule has 0 heterocycles. The van der Waals surface area contributed by atoms with Gasteiger partial charge in [-0.3, -0.25) is 9.59 Å². The second-order valence-electron chi connectivity index (χ2n) is 7.28. The number of carbonyl (C=O) groups is 2. The fourth-order valence-corrected chi connectivity index (χ4v) is 3.17. The molecule has 26 heavy (non-hydrogen) atoms.